The molecule has 0 bridgehead atoms. The summed E-state index contributed by atoms with van der Waals surface area (Å²) in [6.07, 6.45) is 2.68. The zero-order valence-electron chi connectivity index (χ0n) is 8.95. The maximum absolute atomic E-state index is 13.2. The minimum absolute atomic E-state index is 0.0188. The molecule has 17 heavy (non-hydrogen) atoms. The molecule has 6 heteroatoms. The molecule has 2 rings (SSSR count). The van der Waals surface area contributed by atoms with Gasteiger partial charge in [-0.15, -0.1) is 0 Å². The lowest BCUT2D eigenvalue weighted by molar-refractivity contribution is 0.585. The first-order chi connectivity index (χ1) is 8.08. The van der Waals surface area contributed by atoms with Gasteiger partial charge in [0.15, 0.2) is 5.82 Å². The Morgan fingerprint density at radius 3 is 2.76 bits per heavy atom. The molecule has 0 radical (unpaired) electrons. The van der Waals surface area contributed by atoms with E-state index in [1.807, 2.05) is 0 Å². The molecule has 0 saturated heterocycles. The summed E-state index contributed by atoms with van der Waals surface area (Å²) in [6.45, 7) is 0. The topological polar surface area (TPSA) is 50.1 Å². The molecule has 88 valence electrons. The third-order valence-corrected chi connectivity index (χ3v) is 2.22. The fraction of sp³-hybridized carbons (Fsp3) is 0.0909. The van der Waals surface area contributed by atoms with Crippen LogP contribution >= 0.6 is 0 Å². The summed E-state index contributed by atoms with van der Waals surface area (Å²) in [7, 11) is 1.55. The second-order valence-corrected chi connectivity index (χ2v) is 3.45. The Bertz CT molecular complexity index is 628. The summed E-state index contributed by atoms with van der Waals surface area (Å²) in [6, 6.07) is 3.05. The Labute approximate surface area is 95.2 Å². The van der Waals surface area contributed by atoms with E-state index in [2.05, 4.69) is 10.1 Å². The monoisotopic (exact) mass is 237 g/mol. The van der Waals surface area contributed by atoms with Gasteiger partial charge in [0.1, 0.15) is 5.82 Å². The first kappa shape index (κ1) is 11.3. The molecular formula is C11H9F2N3O. The number of nitrogens with zero attached hydrogens (tertiary/aromatic N) is 2. The van der Waals surface area contributed by atoms with Crippen LogP contribution in [0.25, 0.3) is 0 Å². The zero-order chi connectivity index (χ0) is 12.4. The van der Waals surface area contributed by atoms with Crippen LogP contribution in [0, 0.1) is 11.6 Å². The second kappa shape index (κ2) is 4.32. The van der Waals surface area contributed by atoms with Crippen molar-refractivity contribution in [3.63, 3.8) is 0 Å². The molecule has 0 aliphatic heterocycles. The van der Waals surface area contributed by atoms with Gasteiger partial charge in [-0.1, -0.05) is 0 Å². The van der Waals surface area contributed by atoms with Gasteiger partial charge in [0, 0.05) is 25.5 Å². The SMILES string of the molecule is Cn1[nH]cc(C=Nc2ccc(F)cc2F)c1=O. The largest absolute Gasteiger partial charge is 0.302 e. The van der Waals surface area contributed by atoms with E-state index < -0.39 is 11.6 Å². The van der Waals surface area contributed by atoms with E-state index >= 15 is 0 Å². The zero-order valence-corrected chi connectivity index (χ0v) is 8.95. The predicted octanol–water partition coefficient (Wildman–Crippen LogP) is 1.74. The molecule has 0 fully saturated rings. The van der Waals surface area contributed by atoms with Crippen LogP contribution in [-0.4, -0.2) is 16.0 Å². The lowest BCUT2D eigenvalue weighted by atomic mass is 10.3. The number of rotatable bonds is 2. The molecule has 1 aromatic carbocycles. The number of aliphatic imine (C=N–C) groups is 1. The van der Waals surface area contributed by atoms with Gasteiger partial charge in [0.05, 0.1) is 11.3 Å². The molecule has 0 aliphatic carbocycles. The highest BCUT2D eigenvalue weighted by Gasteiger charge is 2.03. The van der Waals surface area contributed by atoms with Gasteiger partial charge < -0.3 is 5.10 Å². The van der Waals surface area contributed by atoms with Crippen LogP contribution in [0.5, 0.6) is 0 Å². The van der Waals surface area contributed by atoms with Crippen LogP contribution < -0.4 is 5.56 Å². The molecule has 0 amide bonds. The molecule has 1 N–H and O–H groups in total. The summed E-state index contributed by atoms with van der Waals surface area (Å²) in [5.41, 5.74) is 0.0159. The first-order valence-electron chi connectivity index (χ1n) is 4.81. The van der Waals surface area contributed by atoms with Crippen molar-refractivity contribution in [2.24, 2.45) is 12.0 Å². The molecule has 0 atom stereocenters. The first-order valence-corrected chi connectivity index (χ1v) is 4.81. The van der Waals surface area contributed by atoms with E-state index in [9.17, 15) is 13.6 Å². The van der Waals surface area contributed by atoms with E-state index in [0.29, 0.717) is 5.56 Å². The number of H-pyrrole nitrogens is 1. The quantitative estimate of drug-likeness (QED) is 0.795. The van der Waals surface area contributed by atoms with Gasteiger partial charge in [-0.2, -0.15) is 0 Å². The van der Waals surface area contributed by atoms with Gasteiger partial charge >= 0.3 is 0 Å². The number of aryl methyl sites for hydroxylation is 1. The van der Waals surface area contributed by atoms with E-state index in [-0.39, 0.29) is 11.2 Å². The fourth-order valence-corrected chi connectivity index (χ4v) is 1.30. The molecule has 4 nitrogen and oxygen atoms in total. The molecule has 0 aliphatic rings. The Kier molecular flexibility index (Phi) is 2.86. The van der Waals surface area contributed by atoms with Crippen molar-refractivity contribution in [3.05, 3.63) is 51.9 Å². The van der Waals surface area contributed by atoms with Crippen LogP contribution in [0.3, 0.4) is 0 Å². The van der Waals surface area contributed by atoms with Crippen LogP contribution in [0.4, 0.5) is 14.5 Å². The van der Waals surface area contributed by atoms with E-state index in [1.165, 1.54) is 23.2 Å². The van der Waals surface area contributed by atoms with Gasteiger partial charge in [-0.05, 0) is 12.1 Å². The lowest BCUT2D eigenvalue weighted by Gasteiger charge is -1.95. The van der Waals surface area contributed by atoms with Crippen LogP contribution in [0.15, 0.2) is 34.2 Å². The minimum Gasteiger partial charge on any atom is -0.302 e. The Balaban J connectivity index is 2.32. The van der Waals surface area contributed by atoms with E-state index in [4.69, 9.17) is 0 Å². The Hall–Kier alpha value is -2.24. The van der Waals surface area contributed by atoms with Crippen molar-refractivity contribution < 1.29 is 8.78 Å². The molecule has 1 heterocycles. The van der Waals surface area contributed by atoms with Gasteiger partial charge in [0.25, 0.3) is 5.56 Å². The Morgan fingerprint density at radius 1 is 1.41 bits per heavy atom. The second-order valence-electron chi connectivity index (χ2n) is 3.45. The average Bonchev–Trinajstić information content (AvgIpc) is 2.59. The number of benzene rings is 1. The summed E-state index contributed by atoms with van der Waals surface area (Å²) >= 11 is 0. The number of hydrogen-bond acceptors (Lipinski definition) is 2. The van der Waals surface area contributed by atoms with Crippen LogP contribution in [0.1, 0.15) is 5.56 Å². The Morgan fingerprint density at radius 2 is 2.18 bits per heavy atom. The highest BCUT2D eigenvalue weighted by molar-refractivity contribution is 5.81. The third kappa shape index (κ3) is 2.30. The van der Waals surface area contributed by atoms with Crippen molar-refractivity contribution in [1.29, 1.82) is 0 Å². The van der Waals surface area contributed by atoms with Gasteiger partial charge in [0.2, 0.25) is 0 Å². The molecule has 0 unspecified atom stereocenters. The number of aromatic amines is 1. The molecule has 2 aromatic rings. The van der Waals surface area contributed by atoms with Crippen molar-refractivity contribution in [1.82, 2.24) is 9.78 Å². The maximum Gasteiger partial charge on any atom is 0.275 e. The smallest absolute Gasteiger partial charge is 0.275 e. The fourth-order valence-electron chi connectivity index (χ4n) is 1.30. The van der Waals surface area contributed by atoms with Crippen LogP contribution in [0.2, 0.25) is 0 Å². The molecule has 0 spiro atoms. The summed E-state index contributed by atoms with van der Waals surface area (Å²) in [5.74, 6) is -1.44. The highest BCUT2D eigenvalue weighted by atomic mass is 19.1. The van der Waals surface area contributed by atoms with Crippen molar-refractivity contribution >= 4 is 11.9 Å². The number of aromatic nitrogens is 2. The van der Waals surface area contributed by atoms with E-state index in [0.717, 1.165) is 12.1 Å². The number of halogens is 2. The lowest BCUT2D eigenvalue weighted by Crippen LogP contribution is -2.14. The molecular weight excluding hydrogens is 228 g/mol. The minimum atomic E-state index is -0.770. The predicted molar refractivity (Wildman–Crippen MR) is 59.6 cm³/mol. The van der Waals surface area contributed by atoms with E-state index in [1.54, 1.807) is 7.05 Å². The van der Waals surface area contributed by atoms with Gasteiger partial charge in [-0.3, -0.25) is 14.5 Å². The summed E-state index contributed by atoms with van der Waals surface area (Å²) in [4.78, 5) is 15.2. The molecule has 1 aromatic heterocycles. The number of hydrogen-bond donors (Lipinski definition) is 1. The highest BCUT2D eigenvalue weighted by Crippen LogP contribution is 2.17. The maximum atomic E-state index is 13.2. The summed E-state index contributed by atoms with van der Waals surface area (Å²) < 4.78 is 27.1. The third-order valence-electron chi connectivity index (χ3n) is 2.22. The summed E-state index contributed by atoms with van der Waals surface area (Å²) in [5, 5.41) is 2.66. The van der Waals surface area contributed by atoms with Crippen LogP contribution in [-0.2, 0) is 7.05 Å². The number of nitrogens with one attached hydrogen (secondary N) is 1. The molecule has 0 saturated carbocycles. The average molecular weight is 237 g/mol. The van der Waals surface area contributed by atoms with Crippen molar-refractivity contribution in [2.75, 3.05) is 0 Å². The normalized spacial score (nSPS) is 11.2. The van der Waals surface area contributed by atoms with Gasteiger partial charge in [-0.25, -0.2) is 8.78 Å². The van der Waals surface area contributed by atoms with Crippen molar-refractivity contribution in [3.8, 4) is 0 Å². The van der Waals surface area contributed by atoms with Crippen molar-refractivity contribution in [2.45, 2.75) is 0 Å². The standard InChI is InChI=1S/C11H9F2N3O/c1-16-11(17)7(6-15-16)5-14-10-3-2-8(12)4-9(10)13/h2-6,15H,1H3.